The van der Waals surface area contributed by atoms with Gasteiger partial charge in [0.25, 0.3) is 5.91 Å². The van der Waals surface area contributed by atoms with Crippen molar-refractivity contribution in [3.05, 3.63) is 59.7 Å². The Hall–Kier alpha value is -3.35. The first kappa shape index (κ1) is 19.4. The Morgan fingerprint density at radius 2 is 1.75 bits per heavy atom. The van der Waals surface area contributed by atoms with Crippen molar-refractivity contribution in [3.8, 4) is 11.4 Å². The Balaban J connectivity index is 1.72. The van der Waals surface area contributed by atoms with Gasteiger partial charge < -0.3 is 5.32 Å². The number of Topliss-reactive ketones (excluding diaryl/α,β-unsaturated/α-hetero) is 1. The first-order valence-electron chi connectivity index (χ1n) is 9.17. The zero-order valence-electron chi connectivity index (χ0n) is 16.4. The van der Waals surface area contributed by atoms with Crippen LogP contribution in [0.5, 0.6) is 0 Å². The number of rotatable bonds is 6. The van der Waals surface area contributed by atoms with Gasteiger partial charge in [0.05, 0.1) is 0 Å². The summed E-state index contributed by atoms with van der Waals surface area (Å²) < 4.78 is 0. The normalized spacial score (nSPS) is 12.0. The lowest BCUT2D eigenvalue weighted by molar-refractivity contribution is -0.119. The molecule has 0 aliphatic rings. The lowest BCUT2D eigenvalue weighted by Gasteiger charge is -2.11. The number of amides is 1. The van der Waals surface area contributed by atoms with E-state index < -0.39 is 6.04 Å². The van der Waals surface area contributed by atoms with Gasteiger partial charge in [-0.3, -0.25) is 9.59 Å². The molecule has 3 rings (SSSR count). The minimum atomic E-state index is -0.655. The molecule has 0 spiro atoms. The van der Waals surface area contributed by atoms with Crippen LogP contribution in [0.1, 0.15) is 55.6 Å². The molecule has 2 aromatic carbocycles. The summed E-state index contributed by atoms with van der Waals surface area (Å²) in [4.78, 5) is 25.3. The molecule has 1 N–H and O–H groups in total. The molecule has 7 nitrogen and oxygen atoms in total. The number of carbonyl (C=O) groups excluding carboxylic acids is 2. The Kier molecular flexibility index (Phi) is 5.63. The second kappa shape index (κ2) is 8.12. The number of benzene rings is 2. The largest absolute Gasteiger partial charge is 0.324 e. The number of aromatic nitrogens is 4. The summed E-state index contributed by atoms with van der Waals surface area (Å²) in [6.45, 7) is 7.45. The molecule has 0 unspecified atom stereocenters. The van der Waals surface area contributed by atoms with E-state index in [1.165, 1.54) is 17.3 Å². The smallest absolute Gasteiger partial charge is 0.250 e. The fraction of sp³-hybridized carbons (Fsp3) is 0.286. The highest BCUT2D eigenvalue weighted by Crippen LogP contribution is 2.20. The third kappa shape index (κ3) is 4.31. The average Bonchev–Trinajstić information content (AvgIpc) is 3.17. The van der Waals surface area contributed by atoms with E-state index in [1.54, 1.807) is 31.2 Å². The number of tetrazole rings is 1. The molecular formula is C21H23N5O2. The summed E-state index contributed by atoms with van der Waals surface area (Å²) >= 11 is 0. The Morgan fingerprint density at radius 3 is 2.39 bits per heavy atom. The average molecular weight is 377 g/mol. The van der Waals surface area contributed by atoms with Gasteiger partial charge in [0.1, 0.15) is 6.04 Å². The molecule has 0 fully saturated rings. The number of carbonyl (C=O) groups is 2. The van der Waals surface area contributed by atoms with Crippen LogP contribution in [0.25, 0.3) is 11.4 Å². The lowest BCUT2D eigenvalue weighted by Crippen LogP contribution is -2.25. The molecule has 7 heteroatoms. The monoisotopic (exact) mass is 377 g/mol. The molecule has 0 bridgehead atoms. The second-order valence-corrected chi connectivity index (χ2v) is 7.01. The molecule has 0 saturated carbocycles. The number of nitrogens with one attached hydrogen (secondary N) is 1. The topological polar surface area (TPSA) is 89.8 Å². The van der Waals surface area contributed by atoms with Gasteiger partial charge in [-0.25, -0.2) is 0 Å². The van der Waals surface area contributed by atoms with E-state index in [0.717, 1.165) is 5.56 Å². The standard InChI is InChI=1S/C21H23N5O2/c1-13(2)16-8-10-17(11-9-16)20-23-25-26(24-20)14(3)21(28)22-19-7-5-6-18(12-19)15(4)27/h5-14H,1-4H3,(H,22,28)/t14-/m1/s1. The van der Waals surface area contributed by atoms with E-state index in [4.69, 9.17) is 0 Å². The summed E-state index contributed by atoms with van der Waals surface area (Å²) in [5, 5.41) is 15.2. The highest BCUT2D eigenvalue weighted by atomic mass is 16.2. The highest BCUT2D eigenvalue weighted by molar-refractivity contribution is 5.97. The summed E-state index contributed by atoms with van der Waals surface area (Å²) in [5.74, 6) is 0.562. The Morgan fingerprint density at radius 1 is 1.04 bits per heavy atom. The van der Waals surface area contributed by atoms with Crippen LogP contribution in [0.4, 0.5) is 5.69 Å². The van der Waals surface area contributed by atoms with E-state index in [1.807, 2.05) is 24.3 Å². The molecule has 3 aromatic rings. The molecule has 1 aromatic heterocycles. The van der Waals surface area contributed by atoms with Crippen LogP contribution in [0, 0.1) is 0 Å². The number of anilines is 1. The number of hydrogen-bond acceptors (Lipinski definition) is 5. The third-order valence-corrected chi connectivity index (χ3v) is 4.53. The molecule has 0 aliphatic heterocycles. The number of nitrogens with zero attached hydrogens (tertiary/aromatic N) is 4. The van der Waals surface area contributed by atoms with Gasteiger partial charge in [0.15, 0.2) is 5.78 Å². The Labute approximate surface area is 163 Å². The maximum absolute atomic E-state index is 12.5. The van der Waals surface area contributed by atoms with Crippen LogP contribution in [0.15, 0.2) is 48.5 Å². The van der Waals surface area contributed by atoms with Crippen LogP contribution < -0.4 is 5.32 Å². The molecule has 28 heavy (non-hydrogen) atoms. The number of hydrogen-bond donors (Lipinski definition) is 1. The van der Waals surface area contributed by atoms with Crippen molar-refractivity contribution in [2.75, 3.05) is 5.32 Å². The maximum atomic E-state index is 12.5. The van der Waals surface area contributed by atoms with Crippen LogP contribution >= 0.6 is 0 Å². The highest BCUT2D eigenvalue weighted by Gasteiger charge is 2.19. The van der Waals surface area contributed by atoms with Crippen LogP contribution in [-0.4, -0.2) is 31.9 Å². The van der Waals surface area contributed by atoms with Gasteiger partial charge >= 0.3 is 0 Å². The van der Waals surface area contributed by atoms with E-state index in [0.29, 0.717) is 23.0 Å². The van der Waals surface area contributed by atoms with E-state index in [-0.39, 0.29) is 11.7 Å². The van der Waals surface area contributed by atoms with Crippen molar-refractivity contribution in [1.82, 2.24) is 20.2 Å². The summed E-state index contributed by atoms with van der Waals surface area (Å²) in [7, 11) is 0. The van der Waals surface area contributed by atoms with Crippen LogP contribution in [0.3, 0.4) is 0 Å². The summed E-state index contributed by atoms with van der Waals surface area (Å²) in [6.07, 6.45) is 0. The summed E-state index contributed by atoms with van der Waals surface area (Å²) in [6, 6.07) is 14.1. The quantitative estimate of drug-likeness (QED) is 0.659. The van der Waals surface area contributed by atoms with Crippen molar-refractivity contribution >= 4 is 17.4 Å². The van der Waals surface area contributed by atoms with Gasteiger partial charge in [-0.2, -0.15) is 4.80 Å². The van der Waals surface area contributed by atoms with Crippen molar-refractivity contribution in [2.45, 2.75) is 39.7 Å². The fourth-order valence-electron chi connectivity index (χ4n) is 2.69. The van der Waals surface area contributed by atoms with Crippen molar-refractivity contribution in [2.24, 2.45) is 0 Å². The maximum Gasteiger partial charge on any atom is 0.250 e. The molecule has 1 amide bonds. The van der Waals surface area contributed by atoms with Crippen molar-refractivity contribution in [3.63, 3.8) is 0 Å². The molecule has 144 valence electrons. The third-order valence-electron chi connectivity index (χ3n) is 4.53. The predicted octanol–water partition coefficient (Wildman–Crippen LogP) is 3.87. The zero-order valence-corrected chi connectivity index (χ0v) is 16.4. The molecule has 1 heterocycles. The van der Waals surface area contributed by atoms with Gasteiger partial charge in [0, 0.05) is 16.8 Å². The van der Waals surface area contributed by atoms with E-state index >= 15 is 0 Å². The molecule has 0 saturated heterocycles. The van der Waals surface area contributed by atoms with Crippen molar-refractivity contribution < 1.29 is 9.59 Å². The van der Waals surface area contributed by atoms with Crippen LogP contribution in [-0.2, 0) is 4.79 Å². The van der Waals surface area contributed by atoms with Gasteiger partial charge in [0.2, 0.25) is 5.82 Å². The fourth-order valence-corrected chi connectivity index (χ4v) is 2.69. The first-order chi connectivity index (χ1) is 13.3. The van der Waals surface area contributed by atoms with Crippen molar-refractivity contribution in [1.29, 1.82) is 0 Å². The van der Waals surface area contributed by atoms with E-state index in [9.17, 15) is 9.59 Å². The lowest BCUT2D eigenvalue weighted by atomic mass is 10.0. The van der Waals surface area contributed by atoms with Gasteiger partial charge in [-0.15, -0.1) is 10.2 Å². The van der Waals surface area contributed by atoms with Gasteiger partial charge in [-0.1, -0.05) is 50.2 Å². The summed E-state index contributed by atoms with van der Waals surface area (Å²) in [5.41, 5.74) is 3.17. The second-order valence-electron chi connectivity index (χ2n) is 7.01. The molecule has 0 aliphatic carbocycles. The molecular weight excluding hydrogens is 354 g/mol. The molecule has 1 atom stereocenters. The van der Waals surface area contributed by atoms with Gasteiger partial charge in [-0.05, 0) is 42.7 Å². The Bertz CT molecular complexity index is 992. The SMILES string of the molecule is CC(=O)c1cccc(NC(=O)[C@@H](C)n2nnc(-c3ccc(C(C)C)cc3)n2)c1. The first-order valence-corrected chi connectivity index (χ1v) is 9.17. The molecule has 0 radical (unpaired) electrons. The number of ketones is 1. The minimum absolute atomic E-state index is 0.0600. The predicted molar refractivity (Wildman–Crippen MR) is 107 cm³/mol. The minimum Gasteiger partial charge on any atom is -0.324 e. The van der Waals surface area contributed by atoms with Crippen LogP contribution in [0.2, 0.25) is 0 Å². The zero-order chi connectivity index (χ0) is 20.3. The van der Waals surface area contributed by atoms with E-state index in [2.05, 4.69) is 34.6 Å².